The summed E-state index contributed by atoms with van der Waals surface area (Å²) in [6.07, 6.45) is 1.67. The second-order valence-electron chi connectivity index (χ2n) is 4.68. The second-order valence-corrected chi connectivity index (χ2v) is 6.69. The number of nitrogen functional groups attached to an aromatic ring is 1. The molecular formula is C12H17FN2O2S. The molecule has 1 heterocycles. The van der Waals surface area contributed by atoms with Crippen molar-refractivity contribution in [1.29, 1.82) is 0 Å². The van der Waals surface area contributed by atoms with Crippen LogP contribution in [0.25, 0.3) is 0 Å². The first-order valence-electron chi connectivity index (χ1n) is 5.86. The van der Waals surface area contributed by atoms with Crippen molar-refractivity contribution in [3.63, 3.8) is 0 Å². The number of anilines is 2. The molecule has 0 bridgehead atoms. The standard InChI is InChI=1S/C12H17FN2O2S/c1-18(16,17)10-4-5-12(11(14)7-10)15-6-2-3-9(13)8-15/h4-5,7,9H,2-3,6,8,14H2,1H3. The molecule has 2 rings (SSSR count). The number of piperidine rings is 1. The Morgan fingerprint density at radius 3 is 2.72 bits per heavy atom. The Morgan fingerprint density at radius 1 is 1.44 bits per heavy atom. The minimum atomic E-state index is -3.26. The zero-order valence-corrected chi connectivity index (χ0v) is 11.1. The van der Waals surface area contributed by atoms with Crippen LogP contribution in [-0.2, 0) is 9.84 Å². The van der Waals surface area contributed by atoms with Gasteiger partial charge in [0.2, 0.25) is 0 Å². The van der Waals surface area contributed by atoms with E-state index in [0.29, 0.717) is 24.3 Å². The lowest BCUT2D eigenvalue weighted by Crippen LogP contribution is -2.36. The highest BCUT2D eigenvalue weighted by Gasteiger charge is 2.21. The minimum absolute atomic E-state index is 0.192. The van der Waals surface area contributed by atoms with Gasteiger partial charge in [-0.1, -0.05) is 0 Å². The number of hydrogen-bond donors (Lipinski definition) is 1. The fourth-order valence-electron chi connectivity index (χ4n) is 2.20. The first-order chi connectivity index (χ1) is 8.38. The van der Waals surface area contributed by atoms with E-state index in [-0.39, 0.29) is 4.90 Å². The second kappa shape index (κ2) is 4.76. The van der Waals surface area contributed by atoms with Crippen molar-refractivity contribution in [3.8, 4) is 0 Å². The van der Waals surface area contributed by atoms with Gasteiger partial charge >= 0.3 is 0 Å². The molecule has 0 amide bonds. The van der Waals surface area contributed by atoms with Crippen LogP contribution < -0.4 is 10.6 Å². The summed E-state index contributed by atoms with van der Waals surface area (Å²) < 4.78 is 36.1. The van der Waals surface area contributed by atoms with Crippen LogP contribution in [0.5, 0.6) is 0 Å². The fourth-order valence-corrected chi connectivity index (χ4v) is 2.85. The molecule has 1 aromatic carbocycles. The van der Waals surface area contributed by atoms with Crippen LogP contribution in [-0.4, -0.2) is 33.9 Å². The number of halogens is 1. The average Bonchev–Trinajstić information content (AvgIpc) is 2.27. The van der Waals surface area contributed by atoms with Crippen LogP contribution in [0.1, 0.15) is 12.8 Å². The average molecular weight is 272 g/mol. The highest BCUT2D eigenvalue weighted by atomic mass is 32.2. The number of alkyl halides is 1. The lowest BCUT2D eigenvalue weighted by molar-refractivity contribution is 0.287. The van der Waals surface area contributed by atoms with Crippen LogP contribution in [0.2, 0.25) is 0 Å². The van der Waals surface area contributed by atoms with E-state index in [9.17, 15) is 12.8 Å². The van der Waals surface area contributed by atoms with E-state index in [2.05, 4.69) is 0 Å². The summed E-state index contributed by atoms with van der Waals surface area (Å²) in [7, 11) is -3.26. The van der Waals surface area contributed by atoms with Crippen molar-refractivity contribution >= 4 is 21.2 Å². The normalized spacial score (nSPS) is 21.0. The van der Waals surface area contributed by atoms with E-state index in [4.69, 9.17) is 5.73 Å². The van der Waals surface area contributed by atoms with E-state index in [0.717, 1.165) is 19.2 Å². The Morgan fingerprint density at radius 2 is 2.17 bits per heavy atom. The predicted molar refractivity (Wildman–Crippen MR) is 70.3 cm³/mol. The molecule has 1 fully saturated rings. The smallest absolute Gasteiger partial charge is 0.175 e. The first kappa shape index (κ1) is 13.1. The highest BCUT2D eigenvalue weighted by molar-refractivity contribution is 7.90. The summed E-state index contributed by atoms with van der Waals surface area (Å²) in [6, 6.07) is 4.61. The molecule has 1 saturated heterocycles. The van der Waals surface area contributed by atoms with Gasteiger partial charge < -0.3 is 10.6 Å². The number of hydrogen-bond acceptors (Lipinski definition) is 4. The molecule has 2 N–H and O–H groups in total. The van der Waals surface area contributed by atoms with Crippen LogP contribution in [0, 0.1) is 0 Å². The quantitative estimate of drug-likeness (QED) is 0.831. The fraction of sp³-hybridized carbons (Fsp3) is 0.500. The number of nitrogens with zero attached hydrogens (tertiary/aromatic N) is 1. The zero-order chi connectivity index (χ0) is 13.3. The molecule has 18 heavy (non-hydrogen) atoms. The molecular weight excluding hydrogens is 255 g/mol. The van der Waals surface area contributed by atoms with Crippen molar-refractivity contribution in [1.82, 2.24) is 0 Å². The lowest BCUT2D eigenvalue weighted by Gasteiger charge is -2.31. The molecule has 1 atom stereocenters. The summed E-state index contributed by atoms with van der Waals surface area (Å²) in [6.45, 7) is 1.07. The maximum atomic E-state index is 13.3. The Hall–Kier alpha value is -1.30. The molecule has 0 saturated carbocycles. The Labute approximate surface area is 107 Å². The van der Waals surface area contributed by atoms with Gasteiger partial charge in [0.25, 0.3) is 0 Å². The van der Waals surface area contributed by atoms with Gasteiger partial charge in [0.05, 0.1) is 16.3 Å². The van der Waals surface area contributed by atoms with Crippen molar-refractivity contribution < 1.29 is 12.8 Å². The van der Waals surface area contributed by atoms with Gasteiger partial charge in [0.15, 0.2) is 9.84 Å². The first-order valence-corrected chi connectivity index (χ1v) is 7.75. The molecule has 6 heteroatoms. The predicted octanol–water partition coefficient (Wildman–Crippen LogP) is 1.61. The molecule has 4 nitrogen and oxygen atoms in total. The van der Waals surface area contributed by atoms with E-state index in [1.807, 2.05) is 4.90 Å². The number of sulfone groups is 1. The van der Waals surface area contributed by atoms with Gasteiger partial charge in [-0.25, -0.2) is 12.8 Å². The van der Waals surface area contributed by atoms with Gasteiger partial charge in [-0.05, 0) is 31.0 Å². The molecule has 1 aliphatic heterocycles. The molecule has 0 spiro atoms. The maximum Gasteiger partial charge on any atom is 0.175 e. The van der Waals surface area contributed by atoms with Crippen molar-refractivity contribution in [3.05, 3.63) is 18.2 Å². The van der Waals surface area contributed by atoms with Crippen LogP contribution in [0.4, 0.5) is 15.8 Å². The monoisotopic (exact) mass is 272 g/mol. The molecule has 1 aromatic rings. The van der Waals surface area contributed by atoms with Crippen molar-refractivity contribution in [2.24, 2.45) is 0 Å². The molecule has 0 radical (unpaired) electrons. The van der Waals surface area contributed by atoms with E-state index >= 15 is 0 Å². The Bertz CT molecular complexity index is 545. The lowest BCUT2D eigenvalue weighted by atomic mass is 10.1. The Kier molecular flexibility index (Phi) is 3.47. The minimum Gasteiger partial charge on any atom is -0.397 e. The van der Waals surface area contributed by atoms with Gasteiger partial charge in [0.1, 0.15) is 6.17 Å². The summed E-state index contributed by atoms with van der Waals surface area (Å²) in [5, 5.41) is 0. The molecule has 1 unspecified atom stereocenters. The maximum absolute atomic E-state index is 13.3. The zero-order valence-electron chi connectivity index (χ0n) is 10.3. The SMILES string of the molecule is CS(=O)(=O)c1ccc(N2CCCC(F)C2)c(N)c1. The van der Waals surface area contributed by atoms with Crippen molar-refractivity contribution in [2.45, 2.75) is 23.9 Å². The van der Waals surface area contributed by atoms with Crippen molar-refractivity contribution in [2.75, 3.05) is 30.0 Å². The van der Waals surface area contributed by atoms with E-state index in [1.54, 1.807) is 6.07 Å². The van der Waals surface area contributed by atoms with Crippen LogP contribution in [0.3, 0.4) is 0 Å². The third-order valence-corrected chi connectivity index (χ3v) is 4.24. The van der Waals surface area contributed by atoms with Crippen LogP contribution in [0.15, 0.2) is 23.1 Å². The number of rotatable bonds is 2. The third kappa shape index (κ3) is 2.75. The van der Waals surface area contributed by atoms with E-state index in [1.165, 1.54) is 12.1 Å². The van der Waals surface area contributed by atoms with Gasteiger partial charge in [-0.3, -0.25) is 0 Å². The highest BCUT2D eigenvalue weighted by Crippen LogP contribution is 2.29. The summed E-state index contributed by atoms with van der Waals surface area (Å²) in [4.78, 5) is 2.06. The summed E-state index contributed by atoms with van der Waals surface area (Å²) >= 11 is 0. The topological polar surface area (TPSA) is 63.4 Å². The van der Waals surface area contributed by atoms with Gasteiger partial charge in [-0.15, -0.1) is 0 Å². The Balaban J connectivity index is 2.30. The van der Waals surface area contributed by atoms with Gasteiger partial charge in [0, 0.05) is 19.3 Å². The molecule has 1 aliphatic rings. The third-order valence-electron chi connectivity index (χ3n) is 3.13. The number of nitrogens with two attached hydrogens (primary N) is 1. The summed E-state index contributed by atoms with van der Waals surface area (Å²) in [5.74, 6) is 0. The molecule has 0 aromatic heterocycles. The van der Waals surface area contributed by atoms with Gasteiger partial charge in [-0.2, -0.15) is 0 Å². The largest absolute Gasteiger partial charge is 0.397 e. The molecule has 100 valence electrons. The van der Waals surface area contributed by atoms with Crippen LogP contribution >= 0.6 is 0 Å². The summed E-state index contributed by atoms with van der Waals surface area (Å²) in [5.41, 5.74) is 6.96. The van der Waals surface area contributed by atoms with E-state index < -0.39 is 16.0 Å². The number of benzene rings is 1. The molecule has 0 aliphatic carbocycles.